The molecule has 12 rings (SSSR count). The van der Waals surface area contributed by atoms with Gasteiger partial charge in [-0.15, -0.1) is 29.3 Å². The smallest absolute Gasteiger partial charge is 0.148 e. The number of hydrogen-bond acceptors (Lipinski definition) is 3. The molecule has 1 aliphatic rings. The summed E-state index contributed by atoms with van der Waals surface area (Å²) in [4.78, 5) is 10.6. The normalized spacial score (nSPS) is 13.5. The van der Waals surface area contributed by atoms with E-state index in [0.717, 1.165) is 98.2 Å². The quantitative estimate of drug-likeness (QED) is 0.0980. The van der Waals surface area contributed by atoms with Gasteiger partial charge in [0.15, 0.2) is 0 Å². The van der Waals surface area contributed by atoms with Gasteiger partial charge in [-0.1, -0.05) is 240 Å². The van der Waals surface area contributed by atoms with Crippen LogP contribution in [0.4, 0.5) is 0 Å². The van der Waals surface area contributed by atoms with Crippen LogP contribution in [0.15, 0.2) is 231 Å². The first-order chi connectivity index (χ1) is 37.9. The summed E-state index contributed by atoms with van der Waals surface area (Å²) < 4.78 is 21.2. The van der Waals surface area contributed by atoms with Crippen LogP contribution >= 0.6 is 0 Å². The minimum absolute atomic E-state index is 0. The van der Waals surface area contributed by atoms with Crippen molar-refractivity contribution in [3.8, 4) is 78.6 Å². The number of phenols is 1. The summed E-state index contributed by atoms with van der Waals surface area (Å²) in [6.45, 7) is 9.02. The largest absolute Gasteiger partial charge is 0.507 e. The predicted molar refractivity (Wildman–Crippen MR) is 315 cm³/mol. The fourth-order valence-electron chi connectivity index (χ4n) is 11.4. The van der Waals surface area contributed by atoms with Crippen LogP contribution in [0.25, 0.3) is 83.9 Å². The molecule has 4 nitrogen and oxygen atoms in total. The molecule has 2 aromatic heterocycles. The number of phenolic OH excluding ortho intramolecular Hbond substituents is 1. The summed E-state index contributed by atoms with van der Waals surface area (Å²) in [5, 5.41) is 12.5. The van der Waals surface area contributed by atoms with Gasteiger partial charge in [-0.25, -0.2) is 4.98 Å². The number of benzene rings is 9. The third kappa shape index (κ3) is 10.0. The van der Waals surface area contributed by atoms with Crippen molar-refractivity contribution in [1.82, 2.24) is 14.5 Å². The molecule has 0 unspecified atom stereocenters. The Balaban J connectivity index is 0.00000660. The van der Waals surface area contributed by atoms with Crippen molar-refractivity contribution in [2.75, 3.05) is 0 Å². The SMILES string of the molecule is [2H]C([2H])(c1ccc(-n2c(-c3cccc(-c4ccccc4)c3O)nc3c(-c4[c-]c(-c5cc(-c6ccc(C(C)(c7ccccc7)c7ccccc7)cc6)ccn5)cc(C(C)(C)C)c4)cccc32)c(-c2ccccc2)c1)C1CCCC1.[Pt]. The van der Waals surface area contributed by atoms with Gasteiger partial charge in [0.1, 0.15) is 11.6 Å². The van der Waals surface area contributed by atoms with Crippen LogP contribution in [-0.4, -0.2) is 19.6 Å². The van der Waals surface area contributed by atoms with Gasteiger partial charge < -0.3 is 5.11 Å². The molecule has 1 N–H and O–H groups in total. The molecular weight excluding hydrogens is 1120 g/mol. The molecule has 77 heavy (non-hydrogen) atoms. The van der Waals surface area contributed by atoms with Gasteiger partial charge in [0, 0.05) is 52.2 Å². The molecule has 9 aromatic carbocycles. The number of imidazole rings is 1. The minimum Gasteiger partial charge on any atom is -0.507 e. The summed E-state index contributed by atoms with van der Waals surface area (Å²) in [6.07, 6.45) is 4.24. The first kappa shape index (κ1) is 48.7. The van der Waals surface area contributed by atoms with E-state index in [0.29, 0.717) is 22.5 Å². The Morgan fingerprint density at radius 3 is 1.75 bits per heavy atom. The van der Waals surface area contributed by atoms with E-state index in [9.17, 15) is 7.85 Å². The third-order valence-electron chi connectivity index (χ3n) is 15.7. The number of rotatable bonds is 12. The number of aromatic nitrogens is 3. The second kappa shape index (κ2) is 21.6. The molecule has 0 radical (unpaired) electrons. The number of para-hydroxylation sites is 2. The van der Waals surface area contributed by atoms with Crippen LogP contribution in [-0.2, 0) is 38.3 Å². The zero-order chi connectivity index (χ0) is 53.6. The standard InChI is InChI=1S/C72H62N3O.Pt/c1-71(2,3)60-46-55(45-56(47-60)65-48-54(41-42-73-65)51-36-38-59(39-37-51)72(4,57-27-13-7-14-28-57)58-29-15-8-16-30-58)61-31-20-34-67-68(61)74-70(63-33-19-32-62(69(63)76)52-23-9-5-10-24-52)75(67)66-40-35-50(43-49-21-17-18-22-49)44-64(66)53-25-11-6-12-26-53;/h5-16,19-20,23-42,44,46-49,76H,17-18,21-22,43H2,1-4H3;/q-1;/i43D2;. The summed E-state index contributed by atoms with van der Waals surface area (Å²) in [5.41, 5.74) is 16.9. The summed E-state index contributed by atoms with van der Waals surface area (Å²) >= 11 is 0. The molecule has 0 atom stereocenters. The molecule has 1 fully saturated rings. The van der Waals surface area contributed by atoms with Crippen LogP contribution in [0.3, 0.4) is 0 Å². The van der Waals surface area contributed by atoms with Gasteiger partial charge in [0.05, 0.1) is 22.3 Å². The molecule has 0 aliphatic heterocycles. The van der Waals surface area contributed by atoms with Gasteiger partial charge in [-0.2, -0.15) is 0 Å². The van der Waals surface area contributed by atoms with Crippen molar-refractivity contribution in [2.45, 2.75) is 70.6 Å². The Morgan fingerprint density at radius 2 is 1.10 bits per heavy atom. The molecule has 382 valence electrons. The summed E-state index contributed by atoms with van der Waals surface area (Å²) in [6, 6.07) is 81.5. The molecule has 5 heteroatoms. The number of aromatic hydroxyl groups is 1. The Hall–Kier alpha value is -7.91. The fourth-order valence-corrected chi connectivity index (χ4v) is 11.4. The number of pyridine rings is 1. The zero-order valence-electron chi connectivity index (χ0n) is 46.0. The molecule has 0 saturated heterocycles. The Bertz CT molecular complexity index is 3900. The molecule has 11 aromatic rings. The van der Waals surface area contributed by atoms with E-state index < -0.39 is 6.37 Å². The predicted octanol–water partition coefficient (Wildman–Crippen LogP) is 18.3. The van der Waals surface area contributed by atoms with Gasteiger partial charge in [-0.05, 0) is 99.5 Å². The second-order valence-corrected chi connectivity index (χ2v) is 21.5. The van der Waals surface area contributed by atoms with E-state index in [1.165, 1.54) is 16.7 Å². The van der Waals surface area contributed by atoms with E-state index in [1.807, 2.05) is 79.0 Å². The number of fused-ring (bicyclic) bond motifs is 1. The second-order valence-electron chi connectivity index (χ2n) is 21.5. The van der Waals surface area contributed by atoms with Crippen molar-refractivity contribution in [3.05, 3.63) is 265 Å². The molecular formula is C72H62N3OPt-. The first-order valence-electron chi connectivity index (χ1n) is 27.7. The van der Waals surface area contributed by atoms with Gasteiger partial charge in [0.25, 0.3) is 0 Å². The maximum Gasteiger partial charge on any atom is 0.148 e. The molecule has 0 amide bonds. The van der Waals surface area contributed by atoms with Crippen LogP contribution in [0, 0.1) is 12.0 Å². The van der Waals surface area contributed by atoms with Crippen molar-refractivity contribution in [1.29, 1.82) is 0 Å². The van der Waals surface area contributed by atoms with E-state index in [4.69, 9.17) is 9.97 Å². The minimum atomic E-state index is -1.51. The first-order valence-corrected chi connectivity index (χ1v) is 26.7. The zero-order valence-corrected chi connectivity index (χ0v) is 46.2. The molecule has 1 aliphatic carbocycles. The topological polar surface area (TPSA) is 50.9 Å². The fraction of sp³-hybridized carbons (Fsp3) is 0.167. The molecule has 1 saturated carbocycles. The average molecular weight is 1180 g/mol. The van der Waals surface area contributed by atoms with E-state index in [2.05, 4.69) is 190 Å². The van der Waals surface area contributed by atoms with Gasteiger partial charge in [-0.3, -0.25) is 9.55 Å². The summed E-state index contributed by atoms with van der Waals surface area (Å²) in [7, 11) is 0. The van der Waals surface area contributed by atoms with Crippen LogP contribution in [0.1, 0.15) is 83.9 Å². The van der Waals surface area contributed by atoms with Crippen LogP contribution < -0.4 is 0 Å². The molecule has 0 bridgehead atoms. The number of nitrogens with zero attached hydrogens (tertiary/aromatic N) is 3. The summed E-state index contributed by atoms with van der Waals surface area (Å²) in [5.74, 6) is 0.646. The number of hydrogen-bond donors (Lipinski definition) is 1. The monoisotopic (exact) mass is 1180 g/mol. The van der Waals surface area contributed by atoms with Crippen molar-refractivity contribution in [2.24, 2.45) is 5.92 Å². The van der Waals surface area contributed by atoms with Gasteiger partial charge in [0.2, 0.25) is 0 Å². The third-order valence-corrected chi connectivity index (χ3v) is 15.7. The average Bonchev–Trinajstić information content (AvgIpc) is 4.19. The molecule has 2 heterocycles. The van der Waals surface area contributed by atoms with Gasteiger partial charge >= 0.3 is 0 Å². The van der Waals surface area contributed by atoms with E-state index in [1.54, 1.807) is 0 Å². The van der Waals surface area contributed by atoms with E-state index >= 15 is 0 Å². The maximum atomic E-state index is 12.5. The molecule has 0 spiro atoms. The van der Waals surface area contributed by atoms with E-state index in [-0.39, 0.29) is 43.6 Å². The van der Waals surface area contributed by atoms with Crippen molar-refractivity contribution in [3.63, 3.8) is 0 Å². The van der Waals surface area contributed by atoms with Crippen LogP contribution in [0.2, 0.25) is 0 Å². The van der Waals surface area contributed by atoms with Crippen LogP contribution in [0.5, 0.6) is 5.75 Å². The van der Waals surface area contributed by atoms with Crippen molar-refractivity contribution < 1.29 is 28.9 Å². The van der Waals surface area contributed by atoms with Crippen molar-refractivity contribution >= 4 is 11.0 Å². The Kier molecular flexibility index (Phi) is 13.7. The Morgan fingerprint density at radius 1 is 0.532 bits per heavy atom. The Labute approximate surface area is 471 Å². The maximum absolute atomic E-state index is 12.5.